The standard InChI is InChI=1S/C7H13NO5S/c1-13-6(7(9)10)5-8-3-2-4-14(8,11)12/h6H,2-5H2,1H3,(H,9,10). The van der Waals surface area contributed by atoms with Gasteiger partial charge in [-0.25, -0.2) is 13.2 Å². The molecule has 1 rings (SSSR count). The Morgan fingerprint density at radius 2 is 2.29 bits per heavy atom. The van der Waals surface area contributed by atoms with E-state index in [0.29, 0.717) is 13.0 Å². The highest BCUT2D eigenvalue weighted by Crippen LogP contribution is 2.14. The number of rotatable bonds is 4. The second-order valence-electron chi connectivity index (χ2n) is 3.09. The summed E-state index contributed by atoms with van der Waals surface area (Å²) in [6.07, 6.45) is -0.527. The van der Waals surface area contributed by atoms with E-state index in [2.05, 4.69) is 4.74 Å². The lowest BCUT2D eigenvalue weighted by atomic mass is 10.3. The van der Waals surface area contributed by atoms with E-state index in [9.17, 15) is 13.2 Å². The number of carboxylic acid groups (broad SMARTS) is 1. The van der Waals surface area contributed by atoms with Gasteiger partial charge in [-0.1, -0.05) is 0 Å². The van der Waals surface area contributed by atoms with Crippen molar-refractivity contribution in [2.45, 2.75) is 12.5 Å². The predicted octanol–water partition coefficient (Wildman–Crippen LogP) is -0.878. The summed E-state index contributed by atoms with van der Waals surface area (Å²) in [4.78, 5) is 10.6. The van der Waals surface area contributed by atoms with E-state index in [1.165, 1.54) is 7.11 Å². The molecule has 0 aromatic heterocycles. The zero-order valence-corrected chi connectivity index (χ0v) is 8.66. The van der Waals surface area contributed by atoms with Crippen LogP contribution in [0.25, 0.3) is 0 Å². The molecule has 14 heavy (non-hydrogen) atoms. The summed E-state index contributed by atoms with van der Waals surface area (Å²) in [7, 11) is -1.98. The number of carbonyl (C=O) groups is 1. The monoisotopic (exact) mass is 223 g/mol. The molecule has 0 aliphatic carbocycles. The van der Waals surface area contributed by atoms with Crippen molar-refractivity contribution in [3.8, 4) is 0 Å². The second-order valence-corrected chi connectivity index (χ2v) is 5.18. The topological polar surface area (TPSA) is 83.9 Å². The molecule has 6 nitrogen and oxygen atoms in total. The van der Waals surface area contributed by atoms with Crippen molar-refractivity contribution in [1.82, 2.24) is 4.31 Å². The van der Waals surface area contributed by atoms with Crippen LogP contribution in [0.15, 0.2) is 0 Å². The fourth-order valence-corrected chi connectivity index (χ4v) is 2.86. The van der Waals surface area contributed by atoms with Crippen molar-refractivity contribution in [2.75, 3.05) is 26.0 Å². The number of ether oxygens (including phenoxy) is 1. The van der Waals surface area contributed by atoms with Gasteiger partial charge in [0.25, 0.3) is 0 Å². The van der Waals surface area contributed by atoms with Crippen LogP contribution in [0.2, 0.25) is 0 Å². The maximum atomic E-state index is 11.3. The number of sulfonamides is 1. The largest absolute Gasteiger partial charge is 0.479 e. The molecular formula is C7H13NO5S. The van der Waals surface area contributed by atoms with E-state index in [1.807, 2.05) is 0 Å². The molecule has 82 valence electrons. The van der Waals surface area contributed by atoms with E-state index in [0.717, 1.165) is 4.31 Å². The number of nitrogens with zero attached hydrogens (tertiary/aromatic N) is 1. The van der Waals surface area contributed by atoms with Crippen LogP contribution in [-0.4, -0.2) is 55.9 Å². The summed E-state index contributed by atoms with van der Waals surface area (Å²) in [6, 6.07) is 0. The molecule has 0 saturated carbocycles. The first kappa shape index (κ1) is 11.4. The highest BCUT2D eigenvalue weighted by molar-refractivity contribution is 7.89. The summed E-state index contributed by atoms with van der Waals surface area (Å²) < 4.78 is 28.4. The fourth-order valence-electron chi connectivity index (χ4n) is 1.33. The molecule has 0 radical (unpaired) electrons. The average Bonchev–Trinajstić information content (AvgIpc) is 2.40. The maximum Gasteiger partial charge on any atom is 0.334 e. The number of hydrogen-bond acceptors (Lipinski definition) is 4. The Bertz CT molecular complexity index is 312. The van der Waals surface area contributed by atoms with Gasteiger partial charge in [0.1, 0.15) is 0 Å². The number of hydrogen-bond donors (Lipinski definition) is 1. The van der Waals surface area contributed by atoms with Crippen LogP contribution < -0.4 is 0 Å². The number of aliphatic carboxylic acids is 1. The van der Waals surface area contributed by atoms with Crippen LogP contribution in [0, 0.1) is 0 Å². The van der Waals surface area contributed by atoms with Gasteiger partial charge >= 0.3 is 5.97 Å². The zero-order chi connectivity index (χ0) is 10.8. The third kappa shape index (κ3) is 2.43. The number of carboxylic acids is 1. The molecule has 1 unspecified atom stereocenters. The molecule has 1 aliphatic rings. The van der Waals surface area contributed by atoms with Crippen molar-refractivity contribution in [1.29, 1.82) is 0 Å². The Morgan fingerprint density at radius 1 is 1.64 bits per heavy atom. The first-order chi connectivity index (χ1) is 6.47. The molecule has 0 aromatic carbocycles. The SMILES string of the molecule is COC(CN1CCCS1(=O)=O)C(=O)O. The second kappa shape index (κ2) is 4.24. The first-order valence-electron chi connectivity index (χ1n) is 4.21. The maximum absolute atomic E-state index is 11.3. The Balaban J connectivity index is 2.63. The molecular weight excluding hydrogens is 210 g/mol. The van der Waals surface area contributed by atoms with E-state index in [4.69, 9.17) is 5.11 Å². The molecule has 0 spiro atoms. The van der Waals surface area contributed by atoms with Crippen LogP contribution in [-0.2, 0) is 19.6 Å². The van der Waals surface area contributed by atoms with Gasteiger partial charge in [-0.2, -0.15) is 4.31 Å². The normalized spacial score (nSPS) is 23.5. The van der Waals surface area contributed by atoms with E-state index in [-0.39, 0.29) is 12.3 Å². The van der Waals surface area contributed by atoms with E-state index >= 15 is 0 Å². The number of methoxy groups -OCH3 is 1. The molecule has 1 heterocycles. The molecule has 7 heteroatoms. The Morgan fingerprint density at radius 3 is 2.64 bits per heavy atom. The van der Waals surface area contributed by atoms with Crippen molar-refractivity contribution in [3.05, 3.63) is 0 Å². The predicted molar refractivity (Wildman–Crippen MR) is 48.4 cm³/mol. The molecule has 0 bridgehead atoms. The van der Waals surface area contributed by atoms with Gasteiger partial charge in [-0.3, -0.25) is 0 Å². The average molecular weight is 223 g/mol. The minimum Gasteiger partial charge on any atom is -0.479 e. The first-order valence-corrected chi connectivity index (χ1v) is 5.81. The van der Waals surface area contributed by atoms with Crippen LogP contribution >= 0.6 is 0 Å². The van der Waals surface area contributed by atoms with Gasteiger partial charge in [-0.05, 0) is 6.42 Å². The molecule has 0 amide bonds. The summed E-state index contributed by atoms with van der Waals surface area (Å²) in [5.41, 5.74) is 0. The van der Waals surface area contributed by atoms with Gasteiger partial charge in [0.15, 0.2) is 6.10 Å². The molecule has 1 aliphatic heterocycles. The van der Waals surface area contributed by atoms with Crippen LogP contribution in [0.3, 0.4) is 0 Å². The summed E-state index contributed by atoms with van der Waals surface area (Å²) in [5, 5.41) is 8.66. The van der Waals surface area contributed by atoms with Crippen molar-refractivity contribution >= 4 is 16.0 Å². The van der Waals surface area contributed by atoms with Crippen LogP contribution in [0.1, 0.15) is 6.42 Å². The van der Waals surface area contributed by atoms with E-state index < -0.39 is 22.1 Å². The molecule has 1 atom stereocenters. The van der Waals surface area contributed by atoms with Crippen LogP contribution in [0.4, 0.5) is 0 Å². The van der Waals surface area contributed by atoms with Crippen molar-refractivity contribution in [2.24, 2.45) is 0 Å². The van der Waals surface area contributed by atoms with Gasteiger partial charge in [0, 0.05) is 13.7 Å². The van der Waals surface area contributed by atoms with Crippen LogP contribution in [0.5, 0.6) is 0 Å². The summed E-state index contributed by atoms with van der Waals surface area (Å²) >= 11 is 0. The third-order valence-electron chi connectivity index (χ3n) is 2.13. The quantitative estimate of drug-likeness (QED) is 0.669. The molecule has 1 N–H and O–H groups in total. The zero-order valence-electron chi connectivity index (χ0n) is 7.84. The third-order valence-corrected chi connectivity index (χ3v) is 4.06. The van der Waals surface area contributed by atoms with Gasteiger partial charge in [-0.15, -0.1) is 0 Å². The van der Waals surface area contributed by atoms with Gasteiger partial charge < -0.3 is 9.84 Å². The summed E-state index contributed by atoms with van der Waals surface area (Å²) in [6.45, 7) is 0.281. The highest BCUT2D eigenvalue weighted by atomic mass is 32.2. The van der Waals surface area contributed by atoms with Gasteiger partial charge in [0.2, 0.25) is 10.0 Å². The molecule has 0 aromatic rings. The van der Waals surface area contributed by atoms with Gasteiger partial charge in [0.05, 0.1) is 12.3 Å². The van der Waals surface area contributed by atoms with E-state index in [1.54, 1.807) is 0 Å². The Hall–Kier alpha value is -0.660. The lowest BCUT2D eigenvalue weighted by Gasteiger charge is -2.18. The lowest BCUT2D eigenvalue weighted by molar-refractivity contribution is -0.148. The Labute approximate surface area is 82.5 Å². The lowest BCUT2D eigenvalue weighted by Crippen LogP contribution is -2.38. The smallest absolute Gasteiger partial charge is 0.334 e. The Kier molecular flexibility index (Phi) is 3.46. The minimum absolute atomic E-state index is 0.100. The minimum atomic E-state index is -3.24. The fraction of sp³-hybridized carbons (Fsp3) is 0.857. The van der Waals surface area contributed by atoms with Crippen molar-refractivity contribution < 1.29 is 23.1 Å². The van der Waals surface area contributed by atoms with Crippen molar-refractivity contribution in [3.63, 3.8) is 0 Å². The summed E-state index contributed by atoms with van der Waals surface area (Å²) in [5.74, 6) is -1.04. The molecule has 1 saturated heterocycles. The molecule has 1 fully saturated rings. The highest BCUT2D eigenvalue weighted by Gasteiger charge is 2.32.